The highest BCUT2D eigenvalue weighted by Gasteiger charge is 2.09. The van der Waals surface area contributed by atoms with E-state index >= 15 is 0 Å². The van der Waals surface area contributed by atoms with Crippen molar-refractivity contribution in [3.05, 3.63) is 40.7 Å². The monoisotopic (exact) mass is 244 g/mol. The molecule has 3 rings (SSSR count). The van der Waals surface area contributed by atoms with Gasteiger partial charge in [-0.3, -0.25) is 4.79 Å². The van der Waals surface area contributed by atoms with Crippen molar-refractivity contribution < 1.29 is 0 Å². The zero-order chi connectivity index (χ0) is 11.8. The molecule has 0 spiro atoms. The van der Waals surface area contributed by atoms with E-state index in [9.17, 15) is 4.79 Å². The fourth-order valence-corrected chi connectivity index (χ4v) is 2.37. The number of nitrogen functional groups attached to an aromatic ring is 1. The Balaban J connectivity index is 2.39. The van der Waals surface area contributed by atoms with E-state index in [1.807, 2.05) is 24.3 Å². The van der Waals surface area contributed by atoms with Crippen molar-refractivity contribution in [2.45, 2.75) is 0 Å². The summed E-state index contributed by atoms with van der Waals surface area (Å²) in [6, 6.07) is 9.08. The molecule has 0 aliphatic rings. The van der Waals surface area contributed by atoms with Gasteiger partial charge >= 0.3 is 0 Å². The fraction of sp³-hybridized carbons (Fsp3) is 0. The van der Waals surface area contributed by atoms with Crippen LogP contribution in [0, 0.1) is 0 Å². The van der Waals surface area contributed by atoms with Gasteiger partial charge in [-0.15, -0.1) is 10.2 Å². The van der Waals surface area contributed by atoms with Gasteiger partial charge < -0.3 is 10.7 Å². The van der Waals surface area contributed by atoms with Gasteiger partial charge in [0, 0.05) is 22.5 Å². The highest BCUT2D eigenvalue weighted by atomic mass is 32.1. The topological polar surface area (TPSA) is 84.7 Å². The molecule has 6 heteroatoms. The maximum atomic E-state index is 11.6. The molecule has 1 aromatic carbocycles. The molecule has 0 radical (unpaired) electrons. The van der Waals surface area contributed by atoms with E-state index in [2.05, 4.69) is 15.2 Å². The largest absolute Gasteiger partial charge is 0.374 e. The number of nitrogens with two attached hydrogens (primary N) is 1. The number of fused-ring (bicyclic) bond motifs is 1. The highest BCUT2D eigenvalue weighted by Crippen LogP contribution is 2.29. The summed E-state index contributed by atoms with van der Waals surface area (Å²) in [5.74, 6) is 0. The maximum absolute atomic E-state index is 11.6. The number of aromatic amines is 1. The summed E-state index contributed by atoms with van der Waals surface area (Å²) in [7, 11) is 0. The molecule has 5 nitrogen and oxygen atoms in total. The van der Waals surface area contributed by atoms with E-state index in [0.717, 1.165) is 16.5 Å². The third kappa shape index (κ3) is 1.68. The number of benzene rings is 1. The zero-order valence-corrected chi connectivity index (χ0v) is 9.49. The molecule has 0 atom stereocenters. The van der Waals surface area contributed by atoms with Crippen LogP contribution < -0.4 is 11.3 Å². The van der Waals surface area contributed by atoms with Gasteiger partial charge in [-0.05, 0) is 6.07 Å². The molecule has 84 valence electrons. The molecule has 3 N–H and O–H groups in total. The van der Waals surface area contributed by atoms with Crippen LogP contribution in [0.25, 0.3) is 21.5 Å². The Bertz CT molecular complexity index is 746. The molecular weight excluding hydrogens is 236 g/mol. The van der Waals surface area contributed by atoms with Crippen LogP contribution >= 0.6 is 11.3 Å². The van der Waals surface area contributed by atoms with E-state index in [1.165, 1.54) is 17.4 Å². The molecule has 0 fully saturated rings. The summed E-state index contributed by atoms with van der Waals surface area (Å²) in [5.41, 5.74) is 6.94. The number of pyridine rings is 1. The van der Waals surface area contributed by atoms with Crippen molar-refractivity contribution in [2.24, 2.45) is 0 Å². The summed E-state index contributed by atoms with van der Waals surface area (Å²) in [6.07, 6.45) is 0. The van der Waals surface area contributed by atoms with Gasteiger partial charge in [0.2, 0.25) is 10.7 Å². The standard InChI is InChI=1S/C11H8N4OS/c12-11-15-14-10(17-11)7-5-9(16)13-8-4-2-1-3-6(7)8/h1-5H,(H2,12,15)(H,13,16). The second-order valence-electron chi connectivity index (χ2n) is 3.54. The average Bonchev–Trinajstić information content (AvgIpc) is 2.74. The van der Waals surface area contributed by atoms with Crippen LogP contribution in [0.4, 0.5) is 5.13 Å². The lowest BCUT2D eigenvalue weighted by atomic mass is 10.1. The molecule has 0 aliphatic heterocycles. The molecular formula is C11H8N4OS. The molecule has 17 heavy (non-hydrogen) atoms. The van der Waals surface area contributed by atoms with Crippen LogP contribution in [0.3, 0.4) is 0 Å². The predicted octanol–water partition coefficient (Wildman–Crippen LogP) is 1.63. The second-order valence-corrected chi connectivity index (χ2v) is 4.55. The number of nitrogens with one attached hydrogen (secondary N) is 1. The van der Waals surface area contributed by atoms with Crippen LogP contribution in [0.1, 0.15) is 0 Å². The first-order valence-corrected chi connectivity index (χ1v) is 5.77. The molecule has 2 heterocycles. The lowest BCUT2D eigenvalue weighted by Gasteiger charge is -2.01. The van der Waals surface area contributed by atoms with Crippen molar-refractivity contribution in [2.75, 3.05) is 5.73 Å². The molecule has 3 aromatic rings. The SMILES string of the molecule is Nc1nnc(-c2cc(=O)[nH]c3ccccc23)s1. The molecule has 0 unspecified atom stereocenters. The van der Waals surface area contributed by atoms with Crippen molar-refractivity contribution in [1.82, 2.24) is 15.2 Å². The first-order chi connectivity index (χ1) is 8.24. The van der Waals surface area contributed by atoms with Crippen LogP contribution in [0.15, 0.2) is 35.1 Å². The Kier molecular flexibility index (Phi) is 2.15. The van der Waals surface area contributed by atoms with Gasteiger partial charge in [0.15, 0.2) is 0 Å². The van der Waals surface area contributed by atoms with Crippen LogP contribution in [-0.4, -0.2) is 15.2 Å². The Morgan fingerprint density at radius 1 is 1.24 bits per heavy atom. The first-order valence-electron chi connectivity index (χ1n) is 4.95. The number of nitrogens with zero attached hydrogens (tertiary/aromatic N) is 2. The minimum absolute atomic E-state index is 0.160. The molecule has 0 saturated heterocycles. The lowest BCUT2D eigenvalue weighted by molar-refractivity contribution is 1.10. The van der Waals surface area contributed by atoms with Crippen LogP contribution in [-0.2, 0) is 0 Å². The molecule has 2 aromatic heterocycles. The van der Waals surface area contributed by atoms with Gasteiger partial charge in [-0.2, -0.15) is 0 Å². The number of hydrogen-bond acceptors (Lipinski definition) is 5. The molecule has 0 bridgehead atoms. The Morgan fingerprint density at radius 2 is 2.06 bits per heavy atom. The third-order valence-corrected chi connectivity index (χ3v) is 3.21. The summed E-state index contributed by atoms with van der Waals surface area (Å²) in [4.78, 5) is 14.3. The smallest absolute Gasteiger partial charge is 0.249 e. The van der Waals surface area contributed by atoms with E-state index in [4.69, 9.17) is 5.73 Å². The van der Waals surface area contributed by atoms with E-state index in [0.29, 0.717) is 10.1 Å². The summed E-state index contributed by atoms with van der Waals surface area (Å²) >= 11 is 1.27. The highest BCUT2D eigenvalue weighted by molar-refractivity contribution is 7.18. The predicted molar refractivity (Wildman–Crippen MR) is 67.9 cm³/mol. The van der Waals surface area contributed by atoms with Crippen molar-refractivity contribution in [3.63, 3.8) is 0 Å². The van der Waals surface area contributed by atoms with Crippen molar-refractivity contribution in [1.29, 1.82) is 0 Å². The number of anilines is 1. The number of rotatable bonds is 1. The Hall–Kier alpha value is -2.21. The fourth-order valence-electron chi connectivity index (χ4n) is 1.72. The quantitative estimate of drug-likeness (QED) is 0.681. The van der Waals surface area contributed by atoms with Gasteiger partial charge in [-0.1, -0.05) is 29.5 Å². The lowest BCUT2D eigenvalue weighted by Crippen LogP contribution is -2.04. The van der Waals surface area contributed by atoms with E-state index in [-0.39, 0.29) is 5.56 Å². The van der Waals surface area contributed by atoms with E-state index < -0.39 is 0 Å². The molecule has 0 amide bonds. The van der Waals surface area contributed by atoms with Gasteiger partial charge in [0.1, 0.15) is 5.01 Å². The zero-order valence-electron chi connectivity index (χ0n) is 8.68. The second kappa shape index (κ2) is 3.67. The summed E-state index contributed by atoms with van der Waals surface area (Å²) in [6.45, 7) is 0. The van der Waals surface area contributed by atoms with Crippen molar-refractivity contribution in [3.8, 4) is 10.6 Å². The minimum Gasteiger partial charge on any atom is -0.374 e. The van der Waals surface area contributed by atoms with Gasteiger partial charge in [0.25, 0.3) is 0 Å². The summed E-state index contributed by atoms with van der Waals surface area (Å²) < 4.78 is 0. The third-order valence-electron chi connectivity index (χ3n) is 2.42. The Labute approximate surface area is 99.9 Å². The Morgan fingerprint density at radius 3 is 2.82 bits per heavy atom. The maximum Gasteiger partial charge on any atom is 0.249 e. The summed E-state index contributed by atoms with van der Waals surface area (Å²) in [5, 5.41) is 9.72. The van der Waals surface area contributed by atoms with Crippen molar-refractivity contribution >= 4 is 27.4 Å². The normalized spacial score (nSPS) is 10.8. The average molecular weight is 244 g/mol. The molecule has 0 saturated carbocycles. The van der Waals surface area contributed by atoms with Crippen LogP contribution in [0.2, 0.25) is 0 Å². The van der Waals surface area contributed by atoms with E-state index in [1.54, 1.807) is 0 Å². The van der Waals surface area contributed by atoms with Gasteiger partial charge in [-0.25, -0.2) is 0 Å². The number of aromatic nitrogens is 3. The minimum atomic E-state index is -0.160. The number of hydrogen-bond donors (Lipinski definition) is 2. The first kappa shape index (κ1) is 9.98. The number of para-hydroxylation sites is 1. The van der Waals surface area contributed by atoms with Gasteiger partial charge in [0.05, 0.1) is 0 Å². The number of H-pyrrole nitrogens is 1. The molecule has 0 aliphatic carbocycles. The van der Waals surface area contributed by atoms with Crippen LogP contribution in [0.5, 0.6) is 0 Å².